The van der Waals surface area contributed by atoms with Crippen molar-refractivity contribution in [3.05, 3.63) is 12.7 Å². The number of hydrogen-bond donors (Lipinski definition) is 0. The standard InChI is InChI=1S/C6H10O4S.Na/c1-3-6(7)5(2)4-11(8,9)10;/h3,5H,1,4H2,2H3,(H,8,9,10);/q;+1/p-1. The maximum atomic E-state index is 10.7. The van der Waals surface area contributed by atoms with E-state index >= 15 is 0 Å². The van der Waals surface area contributed by atoms with Gasteiger partial charge in [-0.2, -0.15) is 0 Å². The molecule has 0 aromatic rings. The molecule has 0 aliphatic heterocycles. The van der Waals surface area contributed by atoms with Gasteiger partial charge in [-0.25, -0.2) is 8.42 Å². The van der Waals surface area contributed by atoms with Crippen molar-refractivity contribution in [1.82, 2.24) is 0 Å². The third-order valence-electron chi connectivity index (χ3n) is 1.14. The normalized spacial score (nSPS) is 12.8. The Kier molecular flexibility index (Phi) is 7.26. The summed E-state index contributed by atoms with van der Waals surface area (Å²) in [5, 5.41) is 0. The molecule has 64 valence electrons. The maximum absolute atomic E-state index is 10.7. The predicted octanol–water partition coefficient (Wildman–Crippen LogP) is -3.07. The van der Waals surface area contributed by atoms with Gasteiger partial charge in [0, 0.05) is 11.7 Å². The second-order valence-corrected chi connectivity index (χ2v) is 3.68. The molecule has 0 radical (unpaired) electrons. The fourth-order valence-electron chi connectivity index (χ4n) is 0.590. The summed E-state index contributed by atoms with van der Waals surface area (Å²) in [6.45, 7) is 4.54. The van der Waals surface area contributed by atoms with E-state index in [9.17, 15) is 17.8 Å². The summed E-state index contributed by atoms with van der Waals surface area (Å²) in [5.41, 5.74) is 0. The van der Waals surface area contributed by atoms with Crippen molar-refractivity contribution in [1.29, 1.82) is 0 Å². The molecule has 0 rings (SSSR count). The van der Waals surface area contributed by atoms with Crippen LogP contribution in [0.5, 0.6) is 0 Å². The van der Waals surface area contributed by atoms with Gasteiger partial charge in [0.15, 0.2) is 5.78 Å². The smallest absolute Gasteiger partial charge is 0.748 e. The van der Waals surface area contributed by atoms with Crippen LogP contribution in [0.2, 0.25) is 0 Å². The van der Waals surface area contributed by atoms with E-state index in [2.05, 4.69) is 6.58 Å². The summed E-state index contributed by atoms with van der Waals surface area (Å²) in [4.78, 5) is 10.7. The average molecular weight is 200 g/mol. The van der Waals surface area contributed by atoms with Crippen LogP contribution in [0.3, 0.4) is 0 Å². The van der Waals surface area contributed by atoms with Crippen LogP contribution >= 0.6 is 0 Å². The first kappa shape index (κ1) is 14.8. The maximum Gasteiger partial charge on any atom is 1.00 e. The van der Waals surface area contributed by atoms with Crippen LogP contribution in [0.4, 0.5) is 0 Å². The number of allylic oxidation sites excluding steroid dienone is 1. The van der Waals surface area contributed by atoms with Crippen molar-refractivity contribution in [2.45, 2.75) is 6.92 Å². The second-order valence-electron chi connectivity index (χ2n) is 2.23. The van der Waals surface area contributed by atoms with E-state index in [0.29, 0.717) is 0 Å². The van der Waals surface area contributed by atoms with Gasteiger partial charge >= 0.3 is 29.6 Å². The zero-order valence-corrected chi connectivity index (χ0v) is 9.93. The minimum atomic E-state index is -4.30. The van der Waals surface area contributed by atoms with Crippen molar-refractivity contribution in [2.75, 3.05) is 5.75 Å². The van der Waals surface area contributed by atoms with Crippen molar-refractivity contribution in [3.63, 3.8) is 0 Å². The van der Waals surface area contributed by atoms with Crippen molar-refractivity contribution in [3.8, 4) is 0 Å². The Bertz CT molecular complexity index is 257. The summed E-state index contributed by atoms with van der Waals surface area (Å²) >= 11 is 0. The van der Waals surface area contributed by atoms with E-state index in [-0.39, 0.29) is 29.6 Å². The molecule has 0 spiro atoms. The van der Waals surface area contributed by atoms with Crippen LogP contribution in [-0.2, 0) is 14.9 Å². The van der Waals surface area contributed by atoms with Crippen LogP contribution < -0.4 is 29.6 Å². The number of ketones is 1. The Morgan fingerprint density at radius 1 is 1.67 bits per heavy atom. The van der Waals surface area contributed by atoms with Gasteiger partial charge < -0.3 is 4.55 Å². The van der Waals surface area contributed by atoms with Crippen LogP contribution in [0.1, 0.15) is 6.92 Å². The first-order chi connectivity index (χ1) is 4.87. The SMILES string of the molecule is C=CC(=O)C(C)CS(=O)(=O)[O-].[Na+]. The average Bonchev–Trinajstić information content (AvgIpc) is 1.82. The zero-order chi connectivity index (χ0) is 9.07. The van der Waals surface area contributed by atoms with E-state index < -0.39 is 27.6 Å². The Hall–Kier alpha value is 0.320. The molecule has 0 fully saturated rings. The largest absolute Gasteiger partial charge is 1.00 e. The molecule has 4 nitrogen and oxygen atoms in total. The Balaban J connectivity index is 0. The number of carbonyl (C=O) groups excluding carboxylic acids is 1. The Morgan fingerprint density at radius 3 is 2.33 bits per heavy atom. The van der Waals surface area contributed by atoms with Gasteiger partial charge in [-0.3, -0.25) is 4.79 Å². The molecular weight excluding hydrogens is 191 g/mol. The summed E-state index contributed by atoms with van der Waals surface area (Å²) in [7, 11) is -4.30. The van der Waals surface area contributed by atoms with Crippen LogP contribution in [-0.4, -0.2) is 24.5 Å². The van der Waals surface area contributed by atoms with E-state index in [1.165, 1.54) is 6.92 Å². The number of rotatable bonds is 4. The van der Waals surface area contributed by atoms with Crippen LogP contribution in [0, 0.1) is 5.92 Å². The molecule has 0 bridgehead atoms. The summed E-state index contributed by atoms with van der Waals surface area (Å²) in [6, 6.07) is 0. The van der Waals surface area contributed by atoms with Crippen molar-refractivity contribution in [2.24, 2.45) is 5.92 Å². The minimum absolute atomic E-state index is 0. The topological polar surface area (TPSA) is 74.3 Å². The molecule has 0 amide bonds. The molecule has 0 aromatic heterocycles. The summed E-state index contributed by atoms with van der Waals surface area (Å²) < 4.78 is 30.4. The van der Waals surface area contributed by atoms with Gasteiger partial charge in [0.2, 0.25) is 0 Å². The summed E-state index contributed by atoms with van der Waals surface area (Å²) in [5.74, 6) is -1.86. The van der Waals surface area contributed by atoms with Gasteiger partial charge in [0.1, 0.15) is 0 Å². The van der Waals surface area contributed by atoms with Crippen molar-refractivity contribution < 1.29 is 47.3 Å². The first-order valence-corrected chi connectivity index (χ1v) is 4.54. The van der Waals surface area contributed by atoms with Crippen molar-refractivity contribution >= 4 is 15.9 Å². The summed E-state index contributed by atoms with van der Waals surface area (Å²) in [6.07, 6.45) is 1.01. The van der Waals surface area contributed by atoms with Gasteiger partial charge in [0.05, 0.1) is 10.1 Å². The monoisotopic (exact) mass is 200 g/mol. The van der Waals surface area contributed by atoms with Crippen LogP contribution in [0.15, 0.2) is 12.7 Å². The number of hydrogen-bond acceptors (Lipinski definition) is 4. The fraction of sp³-hybridized carbons (Fsp3) is 0.500. The molecule has 1 atom stereocenters. The first-order valence-electron chi connectivity index (χ1n) is 2.96. The van der Waals surface area contributed by atoms with E-state index in [4.69, 9.17) is 0 Å². The van der Waals surface area contributed by atoms with E-state index in [1.807, 2.05) is 0 Å². The van der Waals surface area contributed by atoms with E-state index in [0.717, 1.165) is 6.08 Å². The van der Waals surface area contributed by atoms with Crippen LogP contribution in [0.25, 0.3) is 0 Å². The fourth-order valence-corrected chi connectivity index (χ4v) is 1.37. The molecule has 0 aliphatic carbocycles. The molecule has 6 heteroatoms. The van der Waals surface area contributed by atoms with E-state index in [1.54, 1.807) is 0 Å². The Labute approximate surface area is 94.1 Å². The molecule has 0 N–H and O–H groups in total. The quantitative estimate of drug-likeness (QED) is 0.274. The molecule has 12 heavy (non-hydrogen) atoms. The molecule has 0 saturated heterocycles. The third-order valence-corrected chi connectivity index (χ3v) is 2.05. The molecule has 1 unspecified atom stereocenters. The molecule has 0 aliphatic rings. The molecular formula is C6H9NaO4S. The number of carbonyl (C=O) groups is 1. The van der Waals surface area contributed by atoms with Gasteiger partial charge in [-0.15, -0.1) is 0 Å². The third kappa shape index (κ3) is 7.00. The molecule has 0 saturated carbocycles. The molecule has 0 aromatic carbocycles. The second kappa shape index (κ2) is 5.88. The van der Waals surface area contributed by atoms with Gasteiger partial charge in [-0.1, -0.05) is 13.5 Å². The molecule has 0 heterocycles. The predicted molar refractivity (Wildman–Crippen MR) is 38.9 cm³/mol. The minimum Gasteiger partial charge on any atom is -0.748 e. The van der Waals surface area contributed by atoms with Gasteiger partial charge in [-0.05, 0) is 6.08 Å². The van der Waals surface area contributed by atoms with Gasteiger partial charge in [0.25, 0.3) is 0 Å². The Morgan fingerprint density at radius 2 is 2.08 bits per heavy atom. The zero-order valence-electron chi connectivity index (χ0n) is 7.11.